The van der Waals surface area contributed by atoms with Gasteiger partial charge in [-0.05, 0) is 18.2 Å². The number of fused-ring (bicyclic) bond motifs is 1. The number of hydrogen-bond acceptors (Lipinski definition) is 3. The van der Waals surface area contributed by atoms with Gasteiger partial charge in [0.2, 0.25) is 0 Å². The van der Waals surface area contributed by atoms with Gasteiger partial charge in [0.25, 0.3) is 0 Å². The van der Waals surface area contributed by atoms with Crippen molar-refractivity contribution in [2.45, 2.75) is 6.61 Å². The summed E-state index contributed by atoms with van der Waals surface area (Å²) in [5.41, 5.74) is 2.48. The second kappa shape index (κ2) is 5.17. The summed E-state index contributed by atoms with van der Waals surface area (Å²) in [6, 6.07) is 15.2. The lowest BCUT2D eigenvalue weighted by Crippen LogP contribution is -2.00. The number of benzene rings is 2. The summed E-state index contributed by atoms with van der Waals surface area (Å²) in [6.45, 7) is 0.339. The molecule has 3 aromatic rings. The van der Waals surface area contributed by atoms with E-state index in [-0.39, 0.29) is 0 Å². The molecule has 0 unspecified atom stereocenters. The SMILES string of the molecule is Cn1nc(COc2ccccc2C=O)c2ccccc21. The molecular formula is C16H14N2O2. The van der Waals surface area contributed by atoms with E-state index < -0.39 is 0 Å². The van der Waals surface area contributed by atoms with Crippen molar-refractivity contribution in [3.05, 3.63) is 59.8 Å². The van der Waals surface area contributed by atoms with Crippen LogP contribution in [0.25, 0.3) is 10.9 Å². The van der Waals surface area contributed by atoms with E-state index in [1.165, 1.54) is 0 Å². The highest BCUT2D eigenvalue weighted by molar-refractivity contribution is 5.82. The van der Waals surface area contributed by atoms with Crippen molar-refractivity contribution < 1.29 is 9.53 Å². The number of nitrogens with zero attached hydrogens (tertiary/aromatic N) is 2. The first-order valence-corrected chi connectivity index (χ1v) is 6.37. The lowest BCUT2D eigenvalue weighted by molar-refractivity contribution is 0.111. The van der Waals surface area contributed by atoms with Crippen LogP contribution in [0.5, 0.6) is 5.75 Å². The highest BCUT2D eigenvalue weighted by Gasteiger charge is 2.09. The van der Waals surface area contributed by atoms with Gasteiger partial charge in [-0.3, -0.25) is 9.48 Å². The molecule has 0 fully saturated rings. The molecule has 3 rings (SSSR count). The van der Waals surface area contributed by atoms with Crippen LogP contribution in [-0.2, 0) is 13.7 Å². The minimum absolute atomic E-state index is 0.339. The predicted molar refractivity (Wildman–Crippen MR) is 76.9 cm³/mol. The summed E-state index contributed by atoms with van der Waals surface area (Å²) in [7, 11) is 1.91. The van der Waals surface area contributed by atoms with Crippen LogP contribution in [0.15, 0.2) is 48.5 Å². The van der Waals surface area contributed by atoms with Crippen molar-refractivity contribution >= 4 is 17.2 Å². The van der Waals surface area contributed by atoms with Crippen LogP contribution in [0, 0.1) is 0 Å². The zero-order chi connectivity index (χ0) is 13.9. The summed E-state index contributed by atoms with van der Waals surface area (Å²) in [5, 5.41) is 5.53. The number of rotatable bonds is 4. The number of aldehydes is 1. The molecular weight excluding hydrogens is 252 g/mol. The van der Waals surface area contributed by atoms with Gasteiger partial charge in [0.1, 0.15) is 18.1 Å². The summed E-state index contributed by atoms with van der Waals surface area (Å²) in [5.74, 6) is 0.581. The molecule has 0 bridgehead atoms. The van der Waals surface area contributed by atoms with Gasteiger partial charge >= 0.3 is 0 Å². The fourth-order valence-electron chi connectivity index (χ4n) is 2.25. The average molecular weight is 266 g/mol. The van der Waals surface area contributed by atoms with Gasteiger partial charge in [0.05, 0.1) is 11.1 Å². The third-order valence-electron chi connectivity index (χ3n) is 3.24. The molecule has 2 aromatic carbocycles. The standard InChI is InChI=1S/C16H14N2O2/c1-18-15-8-4-3-7-13(15)14(17-18)11-20-16-9-5-2-6-12(16)10-19/h2-10H,11H2,1H3. The molecule has 0 spiro atoms. The van der Waals surface area contributed by atoms with Crippen LogP contribution in [-0.4, -0.2) is 16.1 Å². The molecule has 0 aliphatic heterocycles. The maximum atomic E-state index is 11.0. The second-order valence-electron chi connectivity index (χ2n) is 4.53. The first-order chi connectivity index (χ1) is 9.79. The first-order valence-electron chi connectivity index (χ1n) is 6.37. The highest BCUT2D eigenvalue weighted by atomic mass is 16.5. The zero-order valence-corrected chi connectivity index (χ0v) is 11.1. The van der Waals surface area contributed by atoms with Gasteiger partial charge in [-0.25, -0.2) is 0 Å². The molecule has 0 N–H and O–H groups in total. The van der Waals surface area contributed by atoms with Gasteiger partial charge in [-0.2, -0.15) is 5.10 Å². The van der Waals surface area contributed by atoms with Gasteiger partial charge in [-0.15, -0.1) is 0 Å². The first kappa shape index (κ1) is 12.4. The largest absolute Gasteiger partial charge is 0.486 e. The van der Waals surface area contributed by atoms with E-state index in [0.717, 1.165) is 22.9 Å². The van der Waals surface area contributed by atoms with E-state index in [0.29, 0.717) is 17.9 Å². The van der Waals surface area contributed by atoms with Gasteiger partial charge in [-0.1, -0.05) is 30.3 Å². The fourth-order valence-corrected chi connectivity index (χ4v) is 2.25. The maximum Gasteiger partial charge on any atom is 0.153 e. The lowest BCUT2D eigenvalue weighted by atomic mass is 10.2. The van der Waals surface area contributed by atoms with E-state index >= 15 is 0 Å². The number of carbonyl (C=O) groups is 1. The van der Waals surface area contributed by atoms with E-state index in [1.54, 1.807) is 12.1 Å². The molecule has 1 aromatic heterocycles. The molecule has 0 aliphatic rings. The zero-order valence-electron chi connectivity index (χ0n) is 11.1. The number of aromatic nitrogens is 2. The normalized spacial score (nSPS) is 10.7. The molecule has 20 heavy (non-hydrogen) atoms. The smallest absolute Gasteiger partial charge is 0.153 e. The summed E-state index contributed by atoms with van der Waals surface area (Å²) < 4.78 is 7.56. The van der Waals surface area contributed by atoms with Crippen molar-refractivity contribution in [1.29, 1.82) is 0 Å². The minimum Gasteiger partial charge on any atom is -0.486 e. The summed E-state index contributed by atoms with van der Waals surface area (Å²) >= 11 is 0. The van der Waals surface area contributed by atoms with E-state index in [2.05, 4.69) is 5.10 Å². The molecule has 4 heteroatoms. The Morgan fingerprint density at radius 3 is 2.75 bits per heavy atom. The van der Waals surface area contributed by atoms with Crippen LogP contribution in [0.3, 0.4) is 0 Å². The molecule has 1 heterocycles. The van der Waals surface area contributed by atoms with Crippen molar-refractivity contribution in [2.24, 2.45) is 7.05 Å². The Hall–Kier alpha value is -2.62. The van der Waals surface area contributed by atoms with Gasteiger partial charge < -0.3 is 4.74 Å². The molecule has 0 saturated carbocycles. The van der Waals surface area contributed by atoms with Crippen LogP contribution < -0.4 is 4.74 Å². The lowest BCUT2D eigenvalue weighted by Gasteiger charge is -2.06. The topological polar surface area (TPSA) is 44.1 Å². The third kappa shape index (κ3) is 2.16. The van der Waals surface area contributed by atoms with Gasteiger partial charge in [0.15, 0.2) is 6.29 Å². The Labute approximate surface area is 116 Å². The fraction of sp³-hybridized carbons (Fsp3) is 0.125. The maximum absolute atomic E-state index is 11.0. The molecule has 0 saturated heterocycles. The summed E-state index contributed by atoms with van der Waals surface area (Å²) in [4.78, 5) is 11.0. The molecule has 0 amide bonds. The Morgan fingerprint density at radius 1 is 1.15 bits per heavy atom. The van der Waals surface area contributed by atoms with Gasteiger partial charge in [0, 0.05) is 12.4 Å². The number of hydrogen-bond donors (Lipinski definition) is 0. The van der Waals surface area contributed by atoms with E-state index in [9.17, 15) is 4.79 Å². The Bertz CT molecular complexity index is 762. The van der Waals surface area contributed by atoms with Crippen LogP contribution in [0.2, 0.25) is 0 Å². The van der Waals surface area contributed by atoms with Crippen LogP contribution in [0.4, 0.5) is 0 Å². The summed E-state index contributed by atoms with van der Waals surface area (Å²) in [6.07, 6.45) is 0.797. The van der Waals surface area contributed by atoms with Crippen molar-refractivity contribution in [2.75, 3.05) is 0 Å². The minimum atomic E-state index is 0.339. The number of aryl methyl sites for hydroxylation is 1. The Morgan fingerprint density at radius 2 is 1.90 bits per heavy atom. The predicted octanol–water partition coefficient (Wildman–Crippen LogP) is 2.96. The second-order valence-corrected chi connectivity index (χ2v) is 4.53. The average Bonchev–Trinajstić information content (AvgIpc) is 2.82. The number of para-hydroxylation sites is 2. The monoisotopic (exact) mass is 266 g/mol. The van der Waals surface area contributed by atoms with E-state index in [4.69, 9.17) is 4.74 Å². The van der Waals surface area contributed by atoms with E-state index in [1.807, 2.05) is 48.1 Å². The highest BCUT2D eigenvalue weighted by Crippen LogP contribution is 2.21. The van der Waals surface area contributed by atoms with Crippen molar-refractivity contribution in [1.82, 2.24) is 9.78 Å². The molecule has 0 aliphatic carbocycles. The van der Waals surface area contributed by atoms with Crippen LogP contribution >= 0.6 is 0 Å². The number of ether oxygens (including phenoxy) is 1. The number of carbonyl (C=O) groups excluding carboxylic acids is 1. The van der Waals surface area contributed by atoms with Crippen molar-refractivity contribution in [3.63, 3.8) is 0 Å². The Balaban J connectivity index is 1.89. The van der Waals surface area contributed by atoms with Crippen LogP contribution in [0.1, 0.15) is 16.1 Å². The molecule has 0 atom stereocenters. The Kier molecular flexibility index (Phi) is 3.21. The third-order valence-corrected chi connectivity index (χ3v) is 3.24. The molecule has 0 radical (unpaired) electrons. The molecule has 4 nitrogen and oxygen atoms in total. The van der Waals surface area contributed by atoms with Crippen molar-refractivity contribution in [3.8, 4) is 5.75 Å². The molecule has 100 valence electrons. The quantitative estimate of drug-likeness (QED) is 0.682.